The molecular formula is C30H12F18O2. The summed E-state index contributed by atoms with van der Waals surface area (Å²) < 4.78 is 257. The summed E-state index contributed by atoms with van der Waals surface area (Å²) in [4.78, 5) is 0. The minimum absolute atomic E-state index is 0.142. The van der Waals surface area contributed by atoms with Crippen molar-refractivity contribution in [3.8, 4) is 11.5 Å². The highest BCUT2D eigenvalue weighted by Gasteiger charge is 2.45. The lowest BCUT2D eigenvalue weighted by Crippen LogP contribution is -2.26. The van der Waals surface area contributed by atoms with Gasteiger partial charge in [0.25, 0.3) is 0 Å². The Morgan fingerprint density at radius 2 is 0.600 bits per heavy atom. The number of hydrogen-bond donors (Lipinski definition) is 0. The van der Waals surface area contributed by atoms with Gasteiger partial charge in [-0.15, -0.1) is 0 Å². The molecule has 0 bridgehead atoms. The van der Waals surface area contributed by atoms with E-state index in [1.165, 1.54) is 0 Å². The molecule has 0 saturated heterocycles. The highest BCUT2D eigenvalue weighted by molar-refractivity contribution is 5.40. The zero-order valence-corrected chi connectivity index (χ0v) is 23.8. The molecule has 4 rings (SSSR count). The molecule has 270 valence electrons. The van der Waals surface area contributed by atoms with Crippen molar-refractivity contribution >= 4 is 0 Å². The van der Waals surface area contributed by atoms with Gasteiger partial charge in [0.05, 0.1) is 0 Å². The number of halogens is 18. The Balaban J connectivity index is 1.62. The predicted molar refractivity (Wildman–Crippen MR) is 132 cm³/mol. The van der Waals surface area contributed by atoms with E-state index in [-0.39, 0.29) is 48.5 Å². The van der Waals surface area contributed by atoms with E-state index < -0.39 is 122 Å². The molecule has 0 atom stereocenters. The highest BCUT2D eigenvalue weighted by atomic mass is 19.4. The van der Waals surface area contributed by atoms with E-state index in [9.17, 15) is 79.0 Å². The van der Waals surface area contributed by atoms with Crippen LogP contribution in [0.2, 0.25) is 0 Å². The van der Waals surface area contributed by atoms with Crippen LogP contribution in [0.4, 0.5) is 79.0 Å². The number of benzene rings is 4. The quantitative estimate of drug-likeness (QED) is 0.167. The average Bonchev–Trinajstić information content (AvgIpc) is 2.88. The van der Waals surface area contributed by atoms with Gasteiger partial charge in [0.1, 0.15) is 80.3 Å². The molecule has 4 aromatic rings. The number of hydrogen-bond acceptors (Lipinski definition) is 2. The maximum Gasteiger partial charge on any atom is 0.432 e. The molecule has 0 spiro atoms. The smallest absolute Gasteiger partial charge is 0.429 e. The van der Waals surface area contributed by atoms with Gasteiger partial charge < -0.3 is 9.47 Å². The van der Waals surface area contributed by atoms with Gasteiger partial charge >= 0.3 is 24.6 Å². The number of ether oxygens (including phenoxy) is 2. The predicted octanol–water partition coefficient (Wildman–Crippen LogP) is 11.2. The number of rotatable bonds is 8. The van der Waals surface area contributed by atoms with E-state index in [1.807, 2.05) is 0 Å². The molecule has 0 radical (unpaired) electrons. The molecule has 20 heteroatoms. The monoisotopic (exact) mass is 746 g/mol. The molecule has 4 aromatic carbocycles. The second kappa shape index (κ2) is 12.8. The lowest BCUT2D eigenvalue weighted by molar-refractivity contribution is -0.190. The van der Waals surface area contributed by atoms with Crippen LogP contribution < -0.4 is 9.47 Å². The summed E-state index contributed by atoms with van der Waals surface area (Å²) in [5.41, 5.74) is -10.8. The summed E-state index contributed by atoms with van der Waals surface area (Å²) in [5, 5.41) is 0. The van der Waals surface area contributed by atoms with Gasteiger partial charge in [0, 0.05) is 30.2 Å². The lowest BCUT2D eigenvalue weighted by Gasteiger charge is -2.23. The molecule has 0 N–H and O–H groups in total. The molecule has 50 heavy (non-hydrogen) atoms. The topological polar surface area (TPSA) is 18.5 Å². The van der Waals surface area contributed by atoms with Crippen LogP contribution in [0.1, 0.15) is 46.2 Å². The van der Waals surface area contributed by atoms with Crippen LogP contribution in [-0.4, -0.2) is 0 Å². The molecule has 0 aliphatic rings. The summed E-state index contributed by atoms with van der Waals surface area (Å²) in [6.07, 6.45) is -21.5. The van der Waals surface area contributed by atoms with Crippen molar-refractivity contribution in [1.82, 2.24) is 0 Å². The van der Waals surface area contributed by atoms with Crippen LogP contribution in [0, 0.1) is 46.5 Å². The molecule has 0 aliphatic heterocycles. The highest BCUT2D eigenvalue weighted by Crippen LogP contribution is 2.42. The Kier molecular flexibility index (Phi) is 9.76. The molecular weight excluding hydrogens is 734 g/mol. The van der Waals surface area contributed by atoms with Crippen molar-refractivity contribution in [2.45, 2.75) is 37.4 Å². The molecule has 2 nitrogen and oxygen atoms in total. The van der Waals surface area contributed by atoms with E-state index in [0.717, 1.165) is 6.92 Å². The van der Waals surface area contributed by atoms with Crippen LogP contribution in [0.25, 0.3) is 0 Å². The minimum Gasteiger partial charge on any atom is -0.429 e. The summed E-state index contributed by atoms with van der Waals surface area (Å²) >= 11 is 0. The summed E-state index contributed by atoms with van der Waals surface area (Å²) in [5.74, 6) is -23.2. The number of alkyl halides is 10. The van der Waals surface area contributed by atoms with Gasteiger partial charge in [-0.1, -0.05) is 6.92 Å². The second-order valence-electron chi connectivity index (χ2n) is 10.2. The fourth-order valence-corrected chi connectivity index (χ4v) is 4.59. The molecule has 0 fully saturated rings. The lowest BCUT2D eigenvalue weighted by atomic mass is 9.91. The summed E-state index contributed by atoms with van der Waals surface area (Å²) in [6.45, 7) is 0.937. The Hall–Kier alpha value is -4.78. The van der Waals surface area contributed by atoms with Gasteiger partial charge in [-0.25, -0.2) is 35.1 Å². The summed E-state index contributed by atoms with van der Waals surface area (Å²) in [6, 6.07) is -0.790. The van der Waals surface area contributed by atoms with E-state index in [1.54, 1.807) is 0 Å². The average molecular weight is 746 g/mol. The molecule has 0 unspecified atom stereocenters. The largest absolute Gasteiger partial charge is 0.432 e. The Morgan fingerprint density at radius 3 is 0.820 bits per heavy atom. The van der Waals surface area contributed by atoms with E-state index in [4.69, 9.17) is 0 Å². The first kappa shape index (κ1) is 38.0. The van der Waals surface area contributed by atoms with Gasteiger partial charge in [0.15, 0.2) is 0 Å². The van der Waals surface area contributed by atoms with E-state index in [0.29, 0.717) is 0 Å². The van der Waals surface area contributed by atoms with Crippen LogP contribution in [0.15, 0.2) is 48.5 Å². The maximum atomic E-state index is 14.8. The fraction of sp³-hybridized carbons (Fsp3) is 0.200. The third-order valence-corrected chi connectivity index (χ3v) is 6.80. The van der Waals surface area contributed by atoms with E-state index in [2.05, 4.69) is 9.47 Å². The van der Waals surface area contributed by atoms with Gasteiger partial charge in [-0.3, -0.25) is 0 Å². The molecule has 0 saturated carbocycles. The summed E-state index contributed by atoms with van der Waals surface area (Å²) in [7, 11) is 0. The Bertz CT molecular complexity index is 1720. The molecule has 0 aliphatic carbocycles. The van der Waals surface area contributed by atoms with Gasteiger partial charge in [0.2, 0.25) is 0 Å². The van der Waals surface area contributed by atoms with Gasteiger partial charge in [-0.2, -0.15) is 43.9 Å². The Morgan fingerprint density at radius 1 is 0.380 bits per heavy atom. The molecule has 0 aromatic heterocycles. The molecule has 0 heterocycles. The first-order valence-electron chi connectivity index (χ1n) is 13.0. The standard InChI is InChI=1S/C30H12F18O2/c1-10(11-2-15(31)25(16(32)3-11)29(45,46)49-13-6-19(35)23(20(36)7-13)27(39,40)41)12-4-17(33)26(18(34)5-12)30(47,48)50-14-8-21(37)24(22(38)9-14)28(42,43)44/h2-10H,1H3. The zero-order chi connectivity index (χ0) is 37.9. The third kappa shape index (κ3) is 7.52. The zero-order valence-electron chi connectivity index (χ0n) is 23.8. The second-order valence-corrected chi connectivity index (χ2v) is 10.2. The van der Waals surface area contributed by atoms with Crippen LogP contribution in [0.3, 0.4) is 0 Å². The maximum absolute atomic E-state index is 14.8. The minimum atomic E-state index is -5.60. The van der Waals surface area contributed by atoms with Crippen molar-refractivity contribution in [3.63, 3.8) is 0 Å². The fourth-order valence-electron chi connectivity index (χ4n) is 4.59. The Labute approximate surface area is 266 Å². The van der Waals surface area contributed by atoms with Crippen molar-refractivity contribution < 1.29 is 88.5 Å². The van der Waals surface area contributed by atoms with Crippen molar-refractivity contribution in [1.29, 1.82) is 0 Å². The molecule has 0 amide bonds. The van der Waals surface area contributed by atoms with E-state index >= 15 is 0 Å². The first-order valence-corrected chi connectivity index (χ1v) is 13.0. The SMILES string of the molecule is CC(c1cc(F)c(C(F)(F)Oc2cc(F)c(C(F)(F)F)c(F)c2)c(F)c1)c1cc(F)c(C(F)(F)Oc2cc(F)c(C(F)(F)F)c(F)c2)c(F)c1. The van der Waals surface area contributed by atoms with Crippen LogP contribution in [0.5, 0.6) is 11.5 Å². The first-order chi connectivity index (χ1) is 22.7. The normalized spacial score (nSPS) is 12.9. The third-order valence-electron chi connectivity index (χ3n) is 6.80. The van der Waals surface area contributed by atoms with Crippen molar-refractivity contribution in [2.75, 3.05) is 0 Å². The van der Waals surface area contributed by atoms with Crippen molar-refractivity contribution in [3.05, 3.63) is 128 Å². The van der Waals surface area contributed by atoms with Crippen molar-refractivity contribution in [2.24, 2.45) is 0 Å². The van der Waals surface area contributed by atoms with Crippen LogP contribution in [-0.2, 0) is 24.6 Å². The van der Waals surface area contributed by atoms with Gasteiger partial charge in [-0.05, 0) is 35.4 Å². The van der Waals surface area contributed by atoms with Crippen LogP contribution >= 0.6 is 0 Å².